The van der Waals surface area contributed by atoms with Crippen LogP contribution in [0.4, 0.5) is 0 Å². The van der Waals surface area contributed by atoms with Gasteiger partial charge in [-0.05, 0) is 17.7 Å². The van der Waals surface area contributed by atoms with Crippen molar-refractivity contribution in [2.45, 2.75) is 0 Å². The van der Waals surface area contributed by atoms with Gasteiger partial charge in [-0.1, -0.05) is 12.1 Å². The maximum Gasteiger partial charge on any atom is 0.331 e. The number of rotatable bonds is 1. The van der Waals surface area contributed by atoms with Crippen molar-refractivity contribution in [1.29, 1.82) is 0 Å². The first kappa shape index (κ1) is 7.86. The van der Waals surface area contributed by atoms with Gasteiger partial charge in [-0.2, -0.15) is 0 Å². The lowest BCUT2D eigenvalue weighted by Crippen LogP contribution is -1.91. The highest BCUT2D eigenvalue weighted by Gasteiger charge is 2.14. The largest absolute Gasteiger partial charge is 0.508 e. The van der Waals surface area contributed by atoms with Crippen LogP contribution in [-0.4, -0.2) is 17.7 Å². The Bertz CT molecular complexity index is 380. The molecule has 13 heavy (non-hydrogen) atoms. The molecule has 0 spiro atoms. The second-order valence-electron chi connectivity index (χ2n) is 2.83. The van der Waals surface area contributed by atoms with E-state index in [-0.39, 0.29) is 11.7 Å². The Morgan fingerprint density at radius 3 is 2.85 bits per heavy atom. The summed E-state index contributed by atoms with van der Waals surface area (Å²) in [6.07, 6.45) is 1.44. The number of phenolic OH excluding ortho intramolecular Hbond substituents is 1. The van der Waals surface area contributed by atoms with E-state index < -0.39 is 0 Å². The second kappa shape index (κ2) is 2.94. The Labute approximate surface area is 75.3 Å². The zero-order valence-corrected chi connectivity index (χ0v) is 6.86. The van der Waals surface area contributed by atoms with E-state index in [4.69, 9.17) is 4.74 Å². The van der Waals surface area contributed by atoms with E-state index in [1.54, 1.807) is 18.2 Å². The van der Waals surface area contributed by atoms with Crippen LogP contribution in [0.2, 0.25) is 0 Å². The Balaban J connectivity index is 2.36. The molecule has 0 aromatic heterocycles. The number of benzene rings is 1. The Kier molecular flexibility index (Phi) is 1.77. The van der Waals surface area contributed by atoms with Crippen LogP contribution in [0.25, 0.3) is 5.57 Å². The molecule has 3 nitrogen and oxygen atoms in total. The average Bonchev–Trinajstić information content (AvgIpc) is 2.52. The molecule has 0 bridgehead atoms. The van der Waals surface area contributed by atoms with E-state index in [9.17, 15) is 9.90 Å². The van der Waals surface area contributed by atoms with Gasteiger partial charge in [0, 0.05) is 11.6 Å². The summed E-state index contributed by atoms with van der Waals surface area (Å²) < 4.78 is 4.75. The number of hydrogen-bond acceptors (Lipinski definition) is 3. The number of carbonyl (C=O) groups is 1. The average molecular weight is 176 g/mol. The third-order valence-corrected chi connectivity index (χ3v) is 1.88. The number of phenols is 1. The SMILES string of the molecule is O=C1C=C(c2cccc(O)c2)CO1. The van der Waals surface area contributed by atoms with E-state index in [1.165, 1.54) is 6.08 Å². The molecular formula is C10H8O3. The molecule has 3 heteroatoms. The van der Waals surface area contributed by atoms with Gasteiger partial charge in [0.2, 0.25) is 0 Å². The maximum absolute atomic E-state index is 10.8. The highest BCUT2D eigenvalue weighted by molar-refractivity contribution is 5.95. The minimum atomic E-state index is -0.321. The normalized spacial score (nSPS) is 15.4. The number of aromatic hydroxyl groups is 1. The van der Waals surface area contributed by atoms with Gasteiger partial charge in [0.15, 0.2) is 0 Å². The van der Waals surface area contributed by atoms with Crippen LogP contribution >= 0.6 is 0 Å². The summed E-state index contributed by atoms with van der Waals surface area (Å²) in [4.78, 5) is 10.8. The highest BCUT2D eigenvalue weighted by atomic mass is 16.5. The van der Waals surface area contributed by atoms with Crippen LogP contribution in [0.3, 0.4) is 0 Å². The van der Waals surface area contributed by atoms with Crippen molar-refractivity contribution < 1.29 is 14.6 Å². The van der Waals surface area contributed by atoms with Crippen LogP contribution in [0.15, 0.2) is 30.3 Å². The Morgan fingerprint density at radius 1 is 1.38 bits per heavy atom. The first-order valence-electron chi connectivity index (χ1n) is 3.92. The molecule has 0 saturated carbocycles. The molecule has 0 atom stereocenters. The first-order valence-corrected chi connectivity index (χ1v) is 3.92. The molecule has 0 fully saturated rings. The molecule has 1 aliphatic rings. The molecule has 0 radical (unpaired) electrons. The van der Waals surface area contributed by atoms with Crippen molar-refractivity contribution in [3.8, 4) is 5.75 Å². The van der Waals surface area contributed by atoms with Crippen molar-refractivity contribution >= 4 is 11.5 Å². The third kappa shape index (κ3) is 1.54. The molecule has 0 aliphatic carbocycles. The van der Waals surface area contributed by atoms with Gasteiger partial charge in [-0.3, -0.25) is 0 Å². The van der Waals surface area contributed by atoms with Gasteiger partial charge in [0.25, 0.3) is 0 Å². The fourth-order valence-corrected chi connectivity index (χ4v) is 1.25. The molecule has 0 saturated heterocycles. The van der Waals surface area contributed by atoms with E-state index in [1.807, 2.05) is 6.07 Å². The molecule has 1 aromatic rings. The number of hydrogen-bond donors (Lipinski definition) is 1. The number of ether oxygens (including phenoxy) is 1. The second-order valence-corrected chi connectivity index (χ2v) is 2.83. The zero-order chi connectivity index (χ0) is 9.26. The number of cyclic esters (lactones) is 1. The fourth-order valence-electron chi connectivity index (χ4n) is 1.25. The Morgan fingerprint density at radius 2 is 2.23 bits per heavy atom. The van der Waals surface area contributed by atoms with Crippen LogP contribution in [-0.2, 0) is 9.53 Å². The van der Waals surface area contributed by atoms with Gasteiger partial charge >= 0.3 is 5.97 Å². The molecule has 1 aliphatic heterocycles. The minimum absolute atomic E-state index is 0.192. The summed E-state index contributed by atoms with van der Waals surface area (Å²) in [6.45, 7) is 0.294. The number of carbonyl (C=O) groups excluding carboxylic acids is 1. The van der Waals surface area contributed by atoms with Crippen molar-refractivity contribution in [3.63, 3.8) is 0 Å². The minimum Gasteiger partial charge on any atom is -0.508 e. The standard InChI is InChI=1S/C10H8O3/c11-9-3-1-2-7(4-9)8-5-10(12)13-6-8/h1-5,11H,6H2. The van der Waals surface area contributed by atoms with Crippen LogP contribution in [0.1, 0.15) is 5.56 Å². The fraction of sp³-hybridized carbons (Fsp3) is 0.100. The lowest BCUT2D eigenvalue weighted by molar-refractivity contribution is -0.134. The van der Waals surface area contributed by atoms with Gasteiger partial charge in [0.1, 0.15) is 12.4 Å². The van der Waals surface area contributed by atoms with Crippen LogP contribution in [0, 0.1) is 0 Å². The molecule has 0 amide bonds. The lowest BCUT2D eigenvalue weighted by atomic mass is 10.1. The van der Waals surface area contributed by atoms with Gasteiger partial charge in [-0.25, -0.2) is 4.79 Å². The molecular weight excluding hydrogens is 168 g/mol. The van der Waals surface area contributed by atoms with Gasteiger partial charge in [0.05, 0.1) is 0 Å². The van der Waals surface area contributed by atoms with E-state index in [2.05, 4.69) is 0 Å². The maximum atomic E-state index is 10.8. The zero-order valence-electron chi connectivity index (χ0n) is 6.86. The summed E-state index contributed by atoms with van der Waals surface area (Å²) in [6, 6.07) is 6.75. The summed E-state index contributed by atoms with van der Waals surface area (Å²) in [7, 11) is 0. The van der Waals surface area contributed by atoms with E-state index >= 15 is 0 Å². The van der Waals surface area contributed by atoms with Crippen molar-refractivity contribution in [3.05, 3.63) is 35.9 Å². The number of esters is 1. The van der Waals surface area contributed by atoms with Gasteiger partial charge in [-0.15, -0.1) is 0 Å². The molecule has 1 aromatic carbocycles. The first-order chi connectivity index (χ1) is 6.25. The van der Waals surface area contributed by atoms with Crippen molar-refractivity contribution in [2.24, 2.45) is 0 Å². The summed E-state index contributed by atoms with van der Waals surface area (Å²) in [5.74, 6) is -0.129. The quantitative estimate of drug-likeness (QED) is 0.656. The monoisotopic (exact) mass is 176 g/mol. The van der Waals surface area contributed by atoms with E-state index in [0.29, 0.717) is 6.61 Å². The van der Waals surface area contributed by atoms with Crippen LogP contribution < -0.4 is 0 Å². The topological polar surface area (TPSA) is 46.5 Å². The van der Waals surface area contributed by atoms with E-state index in [0.717, 1.165) is 11.1 Å². The lowest BCUT2D eigenvalue weighted by Gasteiger charge is -2.00. The highest BCUT2D eigenvalue weighted by Crippen LogP contribution is 2.22. The molecule has 1 N–H and O–H groups in total. The smallest absolute Gasteiger partial charge is 0.331 e. The third-order valence-electron chi connectivity index (χ3n) is 1.88. The predicted molar refractivity (Wildman–Crippen MR) is 47.0 cm³/mol. The van der Waals surface area contributed by atoms with Gasteiger partial charge < -0.3 is 9.84 Å². The molecule has 0 unspecified atom stereocenters. The summed E-state index contributed by atoms with van der Waals surface area (Å²) in [5.41, 5.74) is 1.63. The summed E-state index contributed by atoms with van der Waals surface area (Å²) >= 11 is 0. The van der Waals surface area contributed by atoms with Crippen LogP contribution in [0.5, 0.6) is 5.75 Å². The molecule has 66 valence electrons. The molecule has 2 rings (SSSR count). The predicted octanol–water partition coefficient (Wildman–Crippen LogP) is 1.33. The van der Waals surface area contributed by atoms with Crippen molar-refractivity contribution in [2.75, 3.05) is 6.61 Å². The Hall–Kier alpha value is -1.77. The summed E-state index contributed by atoms with van der Waals surface area (Å²) in [5, 5.41) is 9.19. The van der Waals surface area contributed by atoms with Crippen molar-refractivity contribution in [1.82, 2.24) is 0 Å². The molecule has 1 heterocycles.